The maximum Gasteiger partial charge on any atom is 0.242 e. The van der Waals surface area contributed by atoms with Gasteiger partial charge in [0, 0.05) is 45.6 Å². The molecule has 1 saturated heterocycles. The van der Waals surface area contributed by atoms with Crippen molar-refractivity contribution in [3.63, 3.8) is 0 Å². The number of sulfonamides is 1. The highest BCUT2D eigenvalue weighted by atomic mass is 32.2. The first-order valence-corrected chi connectivity index (χ1v) is 8.47. The van der Waals surface area contributed by atoms with Gasteiger partial charge in [0.15, 0.2) is 5.96 Å². The van der Waals surface area contributed by atoms with Crippen molar-refractivity contribution in [3.8, 4) is 0 Å². The van der Waals surface area contributed by atoms with Gasteiger partial charge in [-0.3, -0.25) is 9.98 Å². The monoisotopic (exact) mass is 311 g/mol. The van der Waals surface area contributed by atoms with E-state index in [1.54, 1.807) is 19.3 Å². The standard InChI is InChI=1S/C13H21N5O2S/c1-14-13(18-9-2-3-10-18)16-7-8-17-21(19,20)12-5-4-6-15-11-12/h4-6,11,17H,2-3,7-10H2,1H3,(H,14,16). The zero-order valence-corrected chi connectivity index (χ0v) is 12.9. The fraction of sp³-hybridized carbons (Fsp3) is 0.538. The number of guanidine groups is 1. The zero-order chi connectivity index (χ0) is 15.1. The molecular weight excluding hydrogens is 290 g/mol. The first kappa shape index (κ1) is 15.7. The van der Waals surface area contributed by atoms with Crippen molar-refractivity contribution in [2.24, 2.45) is 4.99 Å². The molecule has 2 N–H and O–H groups in total. The summed E-state index contributed by atoms with van der Waals surface area (Å²) >= 11 is 0. The Morgan fingerprint density at radius 3 is 2.76 bits per heavy atom. The topological polar surface area (TPSA) is 86.7 Å². The average molecular weight is 311 g/mol. The lowest BCUT2D eigenvalue weighted by atomic mass is 10.4. The quantitative estimate of drug-likeness (QED) is 0.455. The Balaban J connectivity index is 1.79. The van der Waals surface area contributed by atoms with Crippen molar-refractivity contribution in [3.05, 3.63) is 24.5 Å². The Bertz CT molecular complexity index is 567. The summed E-state index contributed by atoms with van der Waals surface area (Å²) < 4.78 is 26.5. The Morgan fingerprint density at radius 1 is 1.38 bits per heavy atom. The van der Waals surface area contributed by atoms with E-state index in [4.69, 9.17) is 0 Å². The van der Waals surface area contributed by atoms with Crippen LogP contribution in [0.4, 0.5) is 0 Å². The molecule has 7 nitrogen and oxygen atoms in total. The molecule has 0 aromatic carbocycles. The summed E-state index contributed by atoms with van der Waals surface area (Å²) in [5.41, 5.74) is 0. The van der Waals surface area contributed by atoms with Gasteiger partial charge in [-0.05, 0) is 25.0 Å². The molecule has 21 heavy (non-hydrogen) atoms. The number of aliphatic imine (C=N–C) groups is 1. The molecule has 1 fully saturated rings. The predicted molar refractivity (Wildman–Crippen MR) is 81.6 cm³/mol. The third kappa shape index (κ3) is 4.40. The third-order valence-electron chi connectivity index (χ3n) is 3.26. The van der Waals surface area contributed by atoms with Crippen LogP contribution < -0.4 is 10.0 Å². The predicted octanol–water partition coefficient (Wildman–Crippen LogP) is 0.0311. The summed E-state index contributed by atoms with van der Waals surface area (Å²) in [5, 5.41) is 3.17. The molecule has 1 aromatic rings. The molecule has 0 saturated carbocycles. The molecule has 1 aromatic heterocycles. The lowest BCUT2D eigenvalue weighted by Gasteiger charge is -2.20. The summed E-state index contributed by atoms with van der Waals surface area (Å²) in [6.07, 6.45) is 5.22. The van der Waals surface area contributed by atoms with E-state index in [9.17, 15) is 8.42 Å². The first-order valence-electron chi connectivity index (χ1n) is 6.99. The van der Waals surface area contributed by atoms with E-state index in [1.807, 2.05) is 0 Å². The van der Waals surface area contributed by atoms with E-state index in [1.165, 1.54) is 25.1 Å². The van der Waals surface area contributed by atoms with Gasteiger partial charge in [0.1, 0.15) is 4.90 Å². The smallest absolute Gasteiger partial charge is 0.242 e. The maximum absolute atomic E-state index is 12.0. The fourth-order valence-electron chi connectivity index (χ4n) is 2.21. The number of rotatable bonds is 5. The molecular formula is C13H21N5O2S. The normalized spacial score (nSPS) is 16.2. The molecule has 2 heterocycles. The van der Waals surface area contributed by atoms with Crippen molar-refractivity contribution in [1.29, 1.82) is 0 Å². The van der Waals surface area contributed by atoms with E-state index in [0.29, 0.717) is 13.1 Å². The van der Waals surface area contributed by atoms with Gasteiger partial charge < -0.3 is 10.2 Å². The average Bonchev–Trinajstić information content (AvgIpc) is 3.02. The van der Waals surface area contributed by atoms with Crippen LogP contribution >= 0.6 is 0 Å². The molecule has 0 bridgehead atoms. The van der Waals surface area contributed by atoms with Crippen LogP contribution in [0.2, 0.25) is 0 Å². The Morgan fingerprint density at radius 2 is 2.14 bits per heavy atom. The second-order valence-electron chi connectivity index (χ2n) is 4.75. The number of nitrogens with one attached hydrogen (secondary N) is 2. The van der Waals surface area contributed by atoms with Crippen LogP contribution in [-0.4, -0.2) is 57.5 Å². The van der Waals surface area contributed by atoms with Gasteiger partial charge in [-0.25, -0.2) is 13.1 Å². The van der Waals surface area contributed by atoms with E-state index >= 15 is 0 Å². The fourth-order valence-corrected chi connectivity index (χ4v) is 3.21. The van der Waals surface area contributed by atoms with E-state index < -0.39 is 10.0 Å². The van der Waals surface area contributed by atoms with Crippen molar-refractivity contribution >= 4 is 16.0 Å². The van der Waals surface area contributed by atoms with Crippen LogP contribution in [0.15, 0.2) is 34.4 Å². The van der Waals surface area contributed by atoms with Gasteiger partial charge in [-0.1, -0.05) is 0 Å². The molecule has 1 aliphatic heterocycles. The third-order valence-corrected chi connectivity index (χ3v) is 4.71. The van der Waals surface area contributed by atoms with Crippen LogP contribution in [0.5, 0.6) is 0 Å². The second-order valence-corrected chi connectivity index (χ2v) is 6.52. The number of hydrogen-bond acceptors (Lipinski definition) is 4. The highest BCUT2D eigenvalue weighted by Gasteiger charge is 2.16. The Labute approximate surface area is 125 Å². The minimum absolute atomic E-state index is 0.175. The summed E-state index contributed by atoms with van der Waals surface area (Å²) in [7, 11) is -1.75. The van der Waals surface area contributed by atoms with E-state index in [0.717, 1.165) is 19.0 Å². The van der Waals surface area contributed by atoms with Crippen molar-refractivity contribution < 1.29 is 8.42 Å². The highest BCUT2D eigenvalue weighted by molar-refractivity contribution is 7.89. The van der Waals surface area contributed by atoms with Crippen molar-refractivity contribution in [1.82, 2.24) is 19.9 Å². The number of likely N-dealkylation sites (tertiary alicyclic amines) is 1. The van der Waals surface area contributed by atoms with Crippen LogP contribution in [0.1, 0.15) is 12.8 Å². The highest BCUT2D eigenvalue weighted by Crippen LogP contribution is 2.07. The zero-order valence-electron chi connectivity index (χ0n) is 12.1. The molecule has 0 spiro atoms. The summed E-state index contributed by atoms with van der Waals surface area (Å²) in [4.78, 5) is 10.4. The van der Waals surface area contributed by atoms with Crippen molar-refractivity contribution in [2.75, 3.05) is 33.2 Å². The SMILES string of the molecule is CN=C(NCCNS(=O)(=O)c1cccnc1)N1CCCC1. The lowest BCUT2D eigenvalue weighted by molar-refractivity contribution is 0.493. The molecule has 0 amide bonds. The number of aromatic nitrogens is 1. The van der Waals surface area contributed by atoms with Gasteiger partial charge >= 0.3 is 0 Å². The van der Waals surface area contributed by atoms with Gasteiger partial charge in [0.2, 0.25) is 10.0 Å². The number of pyridine rings is 1. The molecule has 0 atom stereocenters. The summed E-state index contributed by atoms with van der Waals surface area (Å²) in [6, 6.07) is 3.12. The molecule has 0 unspecified atom stereocenters. The molecule has 116 valence electrons. The van der Waals surface area contributed by atoms with Gasteiger partial charge in [0.25, 0.3) is 0 Å². The molecule has 0 radical (unpaired) electrons. The van der Waals surface area contributed by atoms with Crippen LogP contribution in [0.25, 0.3) is 0 Å². The maximum atomic E-state index is 12.0. The lowest BCUT2D eigenvalue weighted by Crippen LogP contribution is -2.42. The van der Waals surface area contributed by atoms with Crippen LogP contribution in [0, 0.1) is 0 Å². The van der Waals surface area contributed by atoms with Crippen LogP contribution in [0.3, 0.4) is 0 Å². The summed E-state index contributed by atoms with van der Waals surface area (Å²) in [6.45, 7) is 2.79. The Kier molecular flexibility index (Phi) is 5.51. The molecule has 2 rings (SSSR count). The second kappa shape index (κ2) is 7.37. The van der Waals surface area contributed by atoms with Crippen molar-refractivity contribution in [2.45, 2.75) is 17.7 Å². The number of hydrogen-bond donors (Lipinski definition) is 2. The van der Waals surface area contributed by atoms with Gasteiger partial charge in [0.05, 0.1) is 0 Å². The van der Waals surface area contributed by atoms with Gasteiger partial charge in [-0.15, -0.1) is 0 Å². The molecule has 0 aliphatic carbocycles. The Hall–Kier alpha value is -1.67. The minimum atomic E-state index is -3.49. The summed E-state index contributed by atoms with van der Waals surface area (Å²) in [5.74, 6) is 0.827. The van der Waals surface area contributed by atoms with Crippen LogP contribution in [-0.2, 0) is 10.0 Å². The number of nitrogens with zero attached hydrogens (tertiary/aromatic N) is 3. The van der Waals surface area contributed by atoms with E-state index in [2.05, 4.69) is 24.9 Å². The molecule has 1 aliphatic rings. The largest absolute Gasteiger partial charge is 0.355 e. The van der Waals surface area contributed by atoms with Gasteiger partial charge in [-0.2, -0.15) is 0 Å². The first-order chi connectivity index (χ1) is 10.1. The molecule has 8 heteroatoms. The van der Waals surface area contributed by atoms with E-state index in [-0.39, 0.29) is 4.90 Å². The minimum Gasteiger partial charge on any atom is -0.355 e.